The van der Waals surface area contributed by atoms with Gasteiger partial charge in [-0.2, -0.15) is 5.26 Å². The van der Waals surface area contributed by atoms with E-state index in [2.05, 4.69) is 5.32 Å². The number of allylic oxidation sites excluding steroid dienone is 1. The monoisotopic (exact) mass is 342 g/mol. The topological polar surface area (TPSA) is 66.0 Å². The van der Waals surface area contributed by atoms with Crippen LogP contribution in [0.3, 0.4) is 0 Å². The van der Waals surface area contributed by atoms with Crippen LogP contribution in [0.5, 0.6) is 0 Å². The summed E-state index contributed by atoms with van der Waals surface area (Å²) >= 11 is 0. The second-order valence-corrected chi connectivity index (χ2v) is 5.96. The van der Waals surface area contributed by atoms with Crippen molar-refractivity contribution in [3.8, 4) is 17.4 Å². The summed E-state index contributed by atoms with van der Waals surface area (Å²) in [7, 11) is 0. The fourth-order valence-corrected chi connectivity index (χ4v) is 2.55. The third-order valence-corrected chi connectivity index (χ3v) is 4.02. The number of benzene rings is 2. The van der Waals surface area contributed by atoms with Crippen molar-refractivity contribution in [2.45, 2.75) is 13.8 Å². The lowest BCUT2D eigenvalue weighted by molar-refractivity contribution is 0.103. The van der Waals surface area contributed by atoms with Gasteiger partial charge in [-0.3, -0.25) is 4.79 Å². The second-order valence-electron chi connectivity index (χ2n) is 5.96. The van der Waals surface area contributed by atoms with E-state index in [4.69, 9.17) is 4.42 Å². The summed E-state index contributed by atoms with van der Waals surface area (Å²) in [5, 5.41) is 12.4. The van der Waals surface area contributed by atoms with Gasteiger partial charge >= 0.3 is 0 Å². The molecule has 128 valence electrons. The maximum absolute atomic E-state index is 12.7. The van der Waals surface area contributed by atoms with Gasteiger partial charge in [-0.1, -0.05) is 48.0 Å². The van der Waals surface area contributed by atoms with Crippen LogP contribution >= 0.6 is 0 Å². The average molecular weight is 342 g/mol. The predicted molar refractivity (Wildman–Crippen MR) is 102 cm³/mol. The maximum atomic E-state index is 12.7. The molecule has 0 unspecified atom stereocenters. The lowest BCUT2D eigenvalue weighted by atomic mass is 10.0. The Morgan fingerprint density at radius 3 is 2.42 bits per heavy atom. The van der Waals surface area contributed by atoms with Crippen LogP contribution in [0.2, 0.25) is 0 Å². The molecule has 4 heteroatoms. The normalized spacial score (nSPS) is 11.0. The van der Waals surface area contributed by atoms with E-state index in [-0.39, 0.29) is 11.4 Å². The fourth-order valence-electron chi connectivity index (χ4n) is 2.55. The molecule has 2 aromatic carbocycles. The van der Waals surface area contributed by atoms with Gasteiger partial charge in [-0.15, -0.1) is 0 Å². The minimum absolute atomic E-state index is 0.0223. The summed E-state index contributed by atoms with van der Waals surface area (Å²) in [6, 6.07) is 20.9. The quantitative estimate of drug-likeness (QED) is 0.390. The van der Waals surface area contributed by atoms with Crippen molar-refractivity contribution >= 4 is 11.5 Å². The number of rotatable bonds is 5. The van der Waals surface area contributed by atoms with E-state index in [1.54, 1.807) is 13.0 Å². The fraction of sp³-hybridized carbons (Fsp3) is 0.0909. The van der Waals surface area contributed by atoms with Crippen molar-refractivity contribution in [1.29, 1.82) is 5.26 Å². The molecular formula is C22H18N2O2. The van der Waals surface area contributed by atoms with Crippen molar-refractivity contribution in [1.82, 2.24) is 0 Å². The molecule has 0 aliphatic heterocycles. The summed E-state index contributed by atoms with van der Waals surface area (Å²) in [4.78, 5) is 12.7. The Balaban J connectivity index is 1.85. The molecule has 3 rings (SSSR count). The van der Waals surface area contributed by atoms with Crippen LogP contribution in [0, 0.1) is 25.2 Å². The number of aryl methyl sites for hydroxylation is 2. The Kier molecular flexibility index (Phi) is 5.00. The molecule has 1 N–H and O–H groups in total. The first-order valence-corrected chi connectivity index (χ1v) is 8.22. The Bertz CT molecular complexity index is 991. The Morgan fingerprint density at radius 1 is 1.08 bits per heavy atom. The average Bonchev–Trinajstić information content (AvgIpc) is 3.06. The molecule has 0 radical (unpaired) electrons. The van der Waals surface area contributed by atoms with Crippen LogP contribution in [-0.4, -0.2) is 5.78 Å². The number of carbonyl (C=O) groups is 1. The third kappa shape index (κ3) is 3.73. The molecule has 0 atom stereocenters. The standard InChI is InChI=1S/C22H18N2O2/c1-15-8-10-19(11-9-15)24-14-18(13-23)22(25)20-12-21(26-16(20)2)17-6-4-3-5-7-17/h3-12,14,24H,1-2H3/b18-14-. The van der Waals surface area contributed by atoms with Crippen molar-refractivity contribution in [2.24, 2.45) is 0 Å². The molecule has 26 heavy (non-hydrogen) atoms. The Hall–Kier alpha value is -3.58. The molecule has 0 bridgehead atoms. The van der Waals surface area contributed by atoms with Gasteiger partial charge in [0, 0.05) is 17.5 Å². The molecule has 4 nitrogen and oxygen atoms in total. The number of ketones is 1. The van der Waals surface area contributed by atoms with Gasteiger partial charge in [0.25, 0.3) is 0 Å². The molecule has 0 aliphatic rings. The molecule has 1 heterocycles. The van der Waals surface area contributed by atoms with Crippen LogP contribution in [-0.2, 0) is 0 Å². The van der Waals surface area contributed by atoms with Gasteiger partial charge in [-0.05, 0) is 32.0 Å². The van der Waals surface area contributed by atoms with Gasteiger partial charge in [-0.25, -0.2) is 0 Å². The van der Waals surface area contributed by atoms with Crippen LogP contribution in [0.1, 0.15) is 21.7 Å². The van der Waals surface area contributed by atoms with E-state index in [1.807, 2.05) is 67.6 Å². The van der Waals surface area contributed by atoms with Crippen molar-refractivity contribution in [3.05, 3.63) is 89.3 Å². The molecule has 0 fully saturated rings. The van der Waals surface area contributed by atoms with Gasteiger partial charge in [0.15, 0.2) is 0 Å². The SMILES string of the molecule is Cc1ccc(N/C=C(/C#N)C(=O)c2cc(-c3ccccc3)oc2C)cc1. The maximum Gasteiger partial charge on any atom is 0.208 e. The number of nitriles is 1. The number of anilines is 1. The van der Waals surface area contributed by atoms with Crippen LogP contribution in [0.15, 0.2) is 76.9 Å². The third-order valence-electron chi connectivity index (χ3n) is 4.02. The molecule has 1 aromatic heterocycles. The molecule has 0 saturated carbocycles. The highest BCUT2D eigenvalue weighted by atomic mass is 16.3. The molecule has 0 spiro atoms. The highest BCUT2D eigenvalue weighted by molar-refractivity contribution is 6.12. The van der Waals surface area contributed by atoms with Gasteiger partial charge in [0.1, 0.15) is 23.2 Å². The summed E-state index contributed by atoms with van der Waals surface area (Å²) in [6.45, 7) is 3.72. The zero-order valence-electron chi connectivity index (χ0n) is 14.6. The smallest absolute Gasteiger partial charge is 0.208 e. The van der Waals surface area contributed by atoms with Gasteiger partial charge < -0.3 is 9.73 Å². The Morgan fingerprint density at radius 2 is 1.77 bits per heavy atom. The highest BCUT2D eigenvalue weighted by Gasteiger charge is 2.19. The zero-order valence-corrected chi connectivity index (χ0v) is 14.6. The van der Waals surface area contributed by atoms with E-state index in [1.165, 1.54) is 6.20 Å². The van der Waals surface area contributed by atoms with Crippen LogP contribution in [0.4, 0.5) is 5.69 Å². The van der Waals surface area contributed by atoms with E-state index < -0.39 is 0 Å². The lowest BCUT2D eigenvalue weighted by Crippen LogP contribution is -2.04. The number of hydrogen-bond donors (Lipinski definition) is 1. The Labute approximate surface area is 152 Å². The summed E-state index contributed by atoms with van der Waals surface area (Å²) < 4.78 is 5.71. The highest BCUT2D eigenvalue weighted by Crippen LogP contribution is 2.26. The largest absolute Gasteiger partial charge is 0.461 e. The first-order valence-electron chi connectivity index (χ1n) is 8.22. The van der Waals surface area contributed by atoms with Gasteiger partial charge in [0.05, 0.1) is 5.56 Å². The molecular weight excluding hydrogens is 324 g/mol. The second kappa shape index (κ2) is 7.54. The van der Waals surface area contributed by atoms with Crippen molar-refractivity contribution in [2.75, 3.05) is 5.32 Å². The van der Waals surface area contributed by atoms with E-state index in [0.717, 1.165) is 16.8 Å². The number of nitrogens with zero attached hydrogens (tertiary/aromatic N) is 1. The van der Waals surface area contributed by atoms with Crippen LogP contribution in [0.25, 0.3) is 11.3 Å². The number of furan rings is 1. The lowest BCUT2D eigenvalue weighted by Gasteiger charge is -2.02. The van der Waals surface area contributed by atoms with Crippen molar-refractivity contribution < 1.29 is 9.21 Å². The minimum Gasteiger partial charge on any atom is -0.461 e. The number of Topliss-reactive ketones (excluding diaryl/α,β-unsaturated/α-hetero) is 1. The number of hydrogen-bond acceptors (Lipinski definition) is 4. The number of nitrogens with one attached hydrogen (secondary N) is 1. The summed E-state index contributed by atoms with van der Waals surface area (Å²) in [5.41, 5.74) is 3.25. The molecule has 3 aromatic rings. The van der Waals surface area contributed by atoms with Crippen LogP contribution < -0.4 is 5.32 Å². The van der Waals surface area contributed by atoms with Gasteiger partial charge in [0.2, 0.25) is 5.78 Å². The summed E-state index contributed by atoms with van der Waals surface area (Å²) in [5.74, 6) is 0.733. The predicted octanol–water partition coefficient (Wildman–Crippen LogP) is 5.27. The molecule has 0 aliphatic carbocycles. The van der Waals surface area contributed by atoms with E-state index >= 15 is 0 Å². The minimum atomic E-state index is -0.365. The number of carbonyl (C=O) groups excluding carboxylic acids is 1. The summed E-state index contributed by atoms with van der Waals surface area (Å²) in [6.07, 6.45) is 1.43. The first-order chi connectivity index (χ1) is 12.6. The molecule has 0 amide bonds. The molecule has 0 saturated heterocycles. The van der Waals surface area contributed by atoms with E-state index in [0.29, 0.717) is 17.1 Å². The first kappa shape index (κ1) is 17.2. The zero-order chi connectivity index (χ0) is 18.5. The van der Waals surface area contributed by atoms with Crippen molar-refractivity contribution in [3.63, 3.8) is 0 Å². The van der Waals surface area contributed by atoms with E-state index in [9.17, 15) is 10.1 Å².